The largest absolute Gasteiger partial charge is 0.760 e. The van der Waals surface area contributed by atoms with Crippen LogP contribution in [0.15, 0.2) is 0 Å². The Labute approximate surface area is 71.2 Å². The van der Waals surface area contributed by atoms with Crippen LogP contribution in [0.5, 0.6) is 0 Å². The van der Waals surface area contributed by atoms with Gasteiger partial charge in [-0.1, -0.05) is 26.7 Å². The van der Waals surface area contributed by atoms with Crippen LogP contribution in [-0.2, 0) is 11.3 Å². The maximum Gasteiger partial charge on any atom is 0.0206 e. The van der Waals surface area contributed by atoms with Gasteiger partial charge in [0, 0.05) is 17.8 Å². The van der Waals surface area contributed by atoms with E-state index >= 15 is 0 Å². The first-order chi connectivity index (χ1) is 5.11. The van der Waals surface area contributed by atoms with Gasteiger partial charge in [0.2, 0.25) is 0 Å². The van der Waals surface area contributed by atoms with E-state index in [9.17, 15) is 8.76 Å². The average Bonchev–Trinajstić information content (AvgIpc) is 1.99. The minimum Gasteiger partial charge on any atom is -0.760 e. The molecule has 0 saturated heterocycles. The minimum absolute atomic E-state index is 0.498. The summed E-state index contributed by atoms with van der Waals surface area (Å²) in [7, 11) is 1.60. The summed E-state index contributed by atoms with van der Waals surface area (Å²) in [6, 6.07) is 0. The predicted octanol–water partition coefficient (Wildman–Crippen LogP) is 1.15. The van der Waals surface area contributed by atoms with E-state index in [0.717, 1.165) is 12.8 Å². The Hall–Kier alpha value is 0.0700. The van der Waals surface area contributed by atoms with Gasteiger partial charge in [-0.3, -0.25) is 4.21 Å². The first-order valence-electron chi connectivity index (χ1n) is 3.92. The highest BCUT2D eigenvalue weighted by atomic mass is 32.2. The van der Waals surface area contributed by atoms with Crippen molar-refractivity contribution in [2.45, 2.75) is 26.7 Å². The highest BCUT2D eigenvalue weighted by Crippen LogP contribution is 2.08. The minimum atomic E-state index is -2.05. The van der Waals surface area contributed by atoms with Crippen molar-refractivity contribution in [1.29, 1.82) is 0 Å². The Bertz CT molecular complexity index is 126. The molecule has 0 heterocycles. The first kappa shape index (κ1) is 11.1. The van der Waals surface area contributed by atoms with Gasteiger partial charge in [-0.05, 0) is 13.0 Å². The second-order valence-corrected chi connectivity index (χ2v) is 3.77. The Morgan fingerprint density at radius 2 is 1.91 bits per heavy atom. The molecule has 0 aliphatic carbocycles. The molecular formula is C7H16NO2S-. The number of hydrogen-bond donors (Lipinski definition) is 0. The second kappa shape index (κ2) is 5.69. The van der Waals surface area contributed by atoms with Crippen LogP contribution in [0.4, 0.5) is 0 Å². The van der Waals surface area contributed by atoms with Crippen LogP contribution in [-0.4, -0.2) is 26.7 Å². The number of hydrogen-bond acceptors (Lipinski definition) is 2. The molecule has 0 aliphatic heterocycles. The molecule has 0 N–H and O–H groups in total. The zero-order valence-corrected chi connectivity index (χ0v) is 8.19. The van der Waals surface area contributed by atoms with Crippen LogP contribution in [0.25, 0.3) is 0 Å². The van der Waals surface area contributed by atoms with Gasteiger partial charge in [-0.2, -0.15) is 0 Å². The Morgan fingerprint density at radius 3 is 2.18 bits per heavy atom. The van der Waals surface area contributed by atoms with E-state index in [4.69, 9.17) is 0 Å². The lowest BCUT2D eigenvalue weighted by Crippen LogP contribution is -2.26. The van der Waals surface area contributed by atoms with Crippen molar-refractivity contribution < 1.29 is 8.76 Å². The Kier molecular flexibility index (Phi) is 5.72. The van der Waals surface area contributed by atoms with Gasteiger partial charge >= 0.3 is 0 Å². The summed E-state index contributed by atoms with van der Waals surface area (Å²) in [4.78, 5) is 0. The third kappa shape index (κ3) is 4.50. The molecule has 0 aromatic carbocycles. The maximum atomic E-state index is 10.4. The zero-order valence-electron chi connectivity index (χ0n) is 7.37. The number of rotatable bonds is 5. The summed E-state index contributed by atoms with van der Waals surface area (Å²) in [6.45, 7) is 4.80. The van der Waals surface area contributed by atoms with E-state index in [1.165, 1.54) is 4.31 Å². The summed E-state index contributed by atoms with van der Waals surface area (Å²) in [5, 5.41) is 0. The molecule has 0 amide bonds. The van der Waals surface area contributed by atoms with Crippen LogP contribution >= 0.6 is 0 Å². The van der Waals surface area contributed by atoms with E-state index in [-0.39, 0.29) is 0 Å². The van der Waals surface area contributed by atoms with Gasteiger partial charge in [-0.15, -0.1) is 0 Å². The standard InChI is InChI=1S/C7H17NO2S/c1-4-7(5-2)6-8(3)11(9)10/h7H,4-6H2,1-3H3,(H,9,10)/p-1. The molecule has 0 rings (SSSR count). The SMILES string of the molecule is CCC(CC)CN(C)S(=O)[O-]. The first-order valence-corrected chi connectivity index (χ1v) is 4.95. The van der Waals surface area contributed by atoms with Crippen LogP contribution in [0.1, 0.15) is 26.7 Å². The molecule has 0 saturated carbocycles. The van der Waals surface area contributed by atoms with Gasteiger partial charge in [0.25, 0.3) is 0 Å². The Balaban J connectivity index is 3.71. The molecule has 0 radical (unpaired) electrons. The van der Waals surface area contributed by atoms with Crippen LogP contribution in [0.2, 0.25) is 0 Å². The van der Waals surface area contributed by atoms with Crippen molar-refractivity contribution in [1.82, 2.24) is 4.31 Å². The van der Waals surface area contributed by atoms with E-state index in [1.807, 2.05) is 0 Å². The average molecular weight is 178 g/mol. The van der Waals surface area contributed by atoms with Gasteiger partial charge in [0.15, 0.2) is 0 Å². The van der Waals surface area contributed by atoms with Gasteiger partial charge in [0.05, 0.1) is 0 Å². The van der Waals surface area contributed by atoms with Crippen molar-refractivity contribution in [2.24, 2.45) is 5.92 Å². The molecule has 0 aromatic rings. The molecule has 11 heavy (non-hydrogen) atoms. The van der Waals surface area contributed by atoms with Crippen molar-refractivity contribution in [3.63, 3.8) is 0 Å². The van der Waals surface area contributed by atoms with Gasteiger partial charge in [-0.25, -0.2) is 4.31 Å². The van der Waals surface area contributed by atoms with Crippen LogP contribution < -0.4 is 0 Å². The molecule has 1 atom stereocenters. The van der Waals surface area contributed by atoms with Crippen molar-refractivity contribution in [3.05, 3.63) is 0 Å². The van der Waals surface area contributed by atoms with E-state index in [2.05, 4.69) is 13.8 Å². The summed E-state index contributed by atoms with van der Waals surface area (Å²) in [6.07, 6.45) is 2.08. The molecular weight excluding hydrogens is 162 g/mol. The zero-order chi connectivity index (χ0) is 8.85. The third-order valence-electron chi connectivity index (χ3n) is 1.92. The monoisotopic (exact) mass is 178 g/mol. The van der Waals surface area contributed by atoms with Crippen molar-refractivity contribution >= 4 is 11.3 Å². The predicted molar refractivity (Wildman–Crippen MR) is 45.6 cm³/mol. The summed E-state index contributed by atoms with van der Waals surface area (Å²) in [5.41, 5.74) is 0. The van der Waals surface area contributed by atoms with Crippen LogP contribution in [0, 0.1) is 5.92 Å². The van der Waals surface area contributed by atoms with E-state index in [0.29, 0.717) is 12.5 Å². The van der Waals surface area contributed by atoms with Crippen LogP contribution in [0.3, 0.4) is 0 Å². The highest BCUT2D eigenvalue weighted by molar-refractivity contribution is 7.76. The third-order valence-corrected chi connectivity index (χ3v) is 2.58. The van der Waals surface area contributed by atoms with Crippen molar-refractivity contribution in [3.8, 4) is 0 Å². The molecule has 0 aliphatic rings. The lowest BCUT2D eigenvalue weighted by Gasteiger charge is -2.23. The molecule has 4 heteroatoms. The highest BCUT2D eigenvalue weighted by Gasteiger charge is 2.06. The molecule has 68 valence electrons. The molecule has 0 spiro atoms. The summed E-state index contributed by atoms with van der Waals surface area (Å²) < 4.78 is 22.1. The number of nitrogens with zero attached hydrogens (tertiary/aromatic N) is 1. The van der Waals surface area contributed by atoms with E-state index < -0.39 is 11.3 Å². The quantitative estimate of drug-likeness (QED) is 0.593. The smallest absolute Gasteiger partial charge is 0.0206 e. The summed E-state index contributed by atoms with van der Waals surface area (Å²) >= 11 is -2.05. The van der Waals surface area contributed by atoms with Crippen molar-refractivity contribution in [2.75, 3.05) is 13.6 Å². The molecule has 3 nitrogen and oxygen atoms in total. The van der Waals surface area contributed by atoms with Gasteiger partial charge < -0.3 is 4.55 Å². The van der Waals surface area contributed by atoms with Gasteiger partial charge in [0.1, 0.15) is 0 Å². The normalized spacial score (nSPS) is 14.4. The summed E-state index contributed by atoms with van der Waals surface area (Å²) in [5.74, 6) is 0.498. The molecule has 0 bridgehead atoms. The van der Waals surface area contributed by atoms with E-state index in [1.54, 1.807) is 7.05 Å². The Morgan fingerprint density at radius 1 is 1.45 bits per heavy atom. The lowest BCUT2D eigenvalue weighted by atomic mass is 10.0. The topological polar surface area (TPSA) is 43.4 Å². The lowest BCUT2D eigenvalue weighted by molar-refractivity contribution is 0.354. The second-order valence-electron chi connectivity index (χ2n) is 2.71. The fraction of sp³-hybridized carbons (Fsp3) is 1.00. The molecule has 0 fully saturated rings. The maximum absolute atomic E-state index is 10.4. The fourth-order valence-electron chi connectivity index (χ4n) is 0.971. The fourth-order valence-corrected chi connectivity index (χ4v) is 1.30. The molecule has 1 unspecified atom stereocenters. The molecule has 0 aromatic heterocycles.